The molecule has 0 aliphatic rings. The highest BCUT2D eigenvalue weighted by Crippen LogP contribution is 2.26. The van der Waals surface area contributed by atoms with Crippen LogP contribution in [0.3, 0.4) is 0 Å². The van der Waals surface area contributed by atoms with Crippen LogP contribution in [0.4, 0.5) is 14.6 Å². The molecule has 0 aliphatic carbocycles. The molecule has 8 heteroatoms. The molecule has 0 saturated carbocycles. The standard InChI is InChI=1S/C23H18F2IN3O2/c24-17-9-15(10-18(25)11-17)13-31-19-4-5-21-20(12-19)22(29-28-21)27-23(30)16-3-1-2-14(8-16)6-7-26/h1-5,8-12H,6-7,13H2,(H2,27,28,29,30). The van der Waals surface area contributed by atoms with Gasteiger partial charge >= 0.3 is 0 Å². The number of halogens is 3. The van der Waals surface area contributed by atoms with Crippen molar-refractivity contribution in [3.8, 4) is 5.75 Å². The van der Waals surface area contributed by atoms with Crippen molar-refractivity contribution >= 4 is 45.2 Å². The van der Waals surface area contributed by atoms with E-state index in [1.807, 2.05) is 18.2 Å². The number of aryl methyl sites for hydroxylation is 1. The number of H-pyrrole nitrogens is 1. The number of nitrogens with one attached hydrogen (secondary N) is 2. The monoisotopic (exact) mass is 533 g/mol. The summed E-state index contributed by atoms with van der Waals surface area (Å²) in [5.74, 6) is -0.710. The van der Waals surface area contributed by atoms with E-state index in [0.717, 1.165) is 28.0 Å². The van der Waals surface area contributed by atoms with Gasteiger partial charge in [-0.2, -0.15) is 5.10 Å². The first-order chi connectivity index (χ1) is 15.0. The maximum atomic E-state index is 13.4. The molecule has 2 N–H and O–H groups in total. The fourth-order valence-corrected chi connectivity index (χ4v) is 3.82. The zero-order valence-corrected chi connectivity index (χ0v) is 18.4. The van der Waals surface area contributed by atoms with Gasteiger partial charge in [0.1, 0.15) is 24.0 Å². The first-order valence-corrected chi connectivity index (χ1v) is 11.1. The maximum Gasteiger partial charge on any atom is 0.256 e. The van der Waals surface area contributed by atoms with Crippen LogP contribution < -0.4 is 10.1 Å². The van der Waals surface area contributed by atoms with Gasteiger partial charge in [0.15, 0.2) is 5.82 Å². The van der Waals surface area contributed by atoms with Gasteiger partial charge in [0.2, 0.25) is 0 Å². The van der Waals surface area contributed by atoms with Gasteiger partial charge in [0.05, 0.1) is 5.52 Å². The number of alkyl halides is 1. The zero-order chi connectivity index (χ0) is 21.8. The largest absolute Gasteiger partial charge is 0.489 e. The number of fused-ring (bicyclic) bond motifs is 1. The maximum absolute atomic E-state index is 13.4. The van der Waals surface area contributed by atoms with Gasteiger partial charge in [-0.3, -0.25) is 9.89 Å². The second-order valence-corrected chi connectivity index (χ2v) is 8.02. The van der Waals surface area contributed by atoms with E-state index in [2.05, 4.69) is 38.1 Å². The van der Waals surface area contributed by atoms with E-state index in [1.54, 1.807) is 24.3 Å². The van der Waals surface area contributed by atoms with E-state index in [4.69, 9.17) is 4.74 Å². The Balaban J connectivity index is 1.51. The summed E-state index contributed by atoms with van der Waals surface area (Å²) in [6, 6.07) is 15.9. The van der Waals surface area contributed by atoms with Gasteiger partial charge in [-0.1, -0.05) is 34.7 Å². The van der Waals surface area contributed by atoms with Crippen LogP contribution in [0.25, 0.3) is 10.9 Å². The number of carbonyl (C=O) groups is 1. The van der Waals surface area contributed by atoms with E-state index in [-0.39, 0.29) is 12.5 Å². The molecule has 0 saturated heterocycles. The van der Waals surface area contributed by atoms with Crippen LogP contribution in [0, 0.1) is 11.6 Å². The van der Waals surface area contributed by atoms with E-state index >= 15 is 0 Å². The van der Waals surface area contributed by atoms with Crippen LogP contribution in [0.15, 0.2) is 60.7 Å². The number of anilines is 1. The van der Waals surface area contributed by atoms with Crippen LogP contribution in [0.5, 0.6) is 5.75 Å². The second-order valence-electron chi connectivity index (χ2n) is 6.94. The first kappa shape index (κ1) is 21.2. The molecule has 0 aliphatic heterocycles. The molecule has 0 bridgehead atoms. The third-order valence-electron chi connectivity index (χ3n) is 4.67. The van der Waals surface area contributed by atoms with Crippen LogP contribution >= 0.6 is 22.6 Å². The summed E-state index contributed by atoms with van der Waals surface area (Å²) in [5.41, 5.74) is 2.75. The van der Waals surface area contributed by atoms with Crippen molar-refractivity contribution < 1.29 is 18.3 Å². The predicted octanol–water partition coefficient (Wildman–Crippen LogP) is 5.65. The third kappa shape index (κ3) is 5.19. The molecule has 4 rings (SSSR count). The molecular weight excluding hydrogens is 515 g/mol. The fourth-order valence-electron chi connectivity index (χ4n) is 3.20. The quantitative estimate of drug-likeness (QED) is 0.239. The lowest BCUT2D eigenvalue weighted by atomic mass is 10.1. The lowest BCUT2D eigenvalue weighted by molar-refractivity contribution is 0.102. The molecule has 1 aromatic heterocycles. The lowest BCUT2D eigenvalue weighted by Gasteiger charge is -2.08. The average Bonchev–Trinajstić information content (AvgIpc) is 3.14. The van der Waals surface area contributed by atoms with E-state index < -0.39 is 11.6 Å². The Morgan fingerprint density at radius 1 is 1.03 bits per heavy atom. The van der Waals surface area contributed by atoms with Crippen molar-refractivity contribution in [1.29, 1.82) is 0 Å². The molecule has 0 atom stereocenters. The number of carbonyl (C=O) groups excluding carboxylic acids is 1. The summed E-state index contributed by atoms with van der Waals surface area (Å²) >= 11 is 2.30. The van der Waals surface area contributed by atoms with Crippen molar-refractivity contribution in [3.05, 3.63) is 89.0 Å². The number of hydrogen-bond donors (Lipinski definition) is 2. The minimum absolute atomic E-state index is 0.00331. The minimum Gasteiger partial charge on any atom is -0.489 e. The summed E-state index contributed by atoms with van der Waals surface area (Å²) in [7, 11) is 0. The van der Waals surface area contributed by atoms with E-state index in [1.165, 1.54) is 12.1 Å². The molecule has 0 fully saturated rings. The van der Waals surface area contributed by atoms with Crippen molar-refractivity contribution in [1.82, 2.24) is 10.2 Å². The lowest BCUT2D eigenvalue weighted by Crippen LogP contribution is -2.12. The summed E-state index contributed by atoms with van der Waals surface area (Å²) in [6.45, 7) is 0.00331. The fraction of sp³-hybridized carbons (Fsp3) is 0.130. The average molecular weight is 533 g/mol. The number of amides is 1. The number of hydrogen-bond acceptors (Lipinski definition) is 3. The summed E-state index contributed by atoms with van der Waals surface area (Å²) < 4.78 is 33.4. The van der Waals surface area contributed by atoms with Crippen molar-refractivity contribution in [2.75, 3.05) is 9.74 Å². The van der Waals surface area contributed by atoms with Gasteiger partial charge in [0, 0.05) is 21.4 Å². The molecule has 5 nitrogen and oxygen atoms in total. The Kier molecular flexibility index (Phi) is 6.45. The molecule has 31 heavy (non-hydrogen) atoms. The molecule has 4 aromatic rings. The number of ether oxygens (including phenoxy) is 1. The highest BCUT2D eigenvalue weighted by atomic mass is 127. The highest BCUT2D eigenvalue weighted by Gasteiger charge is 2.13. The number of aromatic nitrogens is 2. The summed E-state index contributed by atoms with van der Waals surface area (Å²) in [5, 5.41) is 10.6. The van der Waals surface area contributed by atoms with Crippen LogP contribution in [0.2, 0.25) is 0 Å². The van der Waals surface area contributed by atoms with Gasteiger partial charge in [-0.05, 0) is 60.0 Å². The molecule has 1 heterocycles. The molecule has 0 unspecified atom stereocenters. The Labute approximate surface area is 191 Å². The van der Waals surface area contributed by atoms with Gasteiger partial charge in [-0.25, -0.2) is 8.78 Å². The first-order valence-electron chi connectivity index (χ1n) is 9.54. The molecule has 1 amide bonds. The number of rotatable bonds is 7. The van der Waals surface area contributed by atoms with Crippen molar-refractivity contribution in [2.45, 2.75) is 13.0 Å². The van der Waals surface area contributed by atoms with E-state index in [9.17, 15) is 13.6 Å². The van der Waals surface area contributed by atoms with Crippen molar-refractivity contribution in [2.24, 2.45) is 0 Å². The van der Waals surface area contributed by atoms with Crippen LogP contribution in [0.1, 0.15) is 21.5 Å². The Bertz CT molecular complexity index is 1220. The topological polar surface area (TPSA) is 67.0 Å². The SMILES string of the molecule is O=C(Nc1n[nH]c2ccc(OCc3cc(F)cc(F)c3)cc12)c1cccc(CCI)c1. The second kappa shape index (κ2) is 9.42. The Hall–Kier alpha value is -3.01. The highest BCUT2D eigenvalue weighted by molar-refractivity contribution is 14.1. The minimum atomic E-state index is -0.656. The summed E-state index contributed by atoms with van der Waals surface area (Å²) in [6.07, 6.45) is 0.892. The number of nitrogens with zero attached hydrogens (tertiary/aromatic N) is 1. The van der Waals surface area contributed by atoms with Crippen molar-refractivity contribution in [3.63, 3.8) is 0 Å². The normalized spacial score (nSPS) is 10.9. The molecule has 0 spiro atoms. The van der Waals surface area contributed by atoms with Gasteiger partial charge in [-0.15, -0.1) is 0 Å². The van der Waals surface area contributed by atoms with Gasteiger partial charge in [0.25, 0.3) is 5.91 Å². The Morgan fingerprint density at radius 2 is 1.84 bits per heavy atom. The molecule has 3 aromatic carbocycles. The smallest absolute Gasteiger partial charge is 0.256 e. The molecular formula is C23H18F2IN3O2. The predicted molar refractivity (Wildman–Crippen MR) is 124 cm³/mol. The Morgan fingerprint density at radius 3 is 2.61 bits per heavy atom. The summed E-state index contributed by atoms with van der Waals surface area (Å²) in [4.78, 5) is 12.7. The number of aromatic amines is 1. The van der Waals surface area contributed by atoms with E-state index in [0.29, 0.717) is 28.1 Å². The molecule has 158 valence electrons. The third-order valence-corrected chi connectivity index (χ3v) is 5.21. The number of benzene rings is 3. The van der Waals surface area contributed by atoms with Crippen LogP contribution in [-0.2, 0) is 13.0 Å². The van der Waals surface area contributed by atoms with Gasteiger partial charge < -0.3 is 10.1 Å². The zero-order valence-electron chi connectivity index (χ0n) is 16.3. The van der Waals surface area contributed by atoms with Crippen LogP contribution in [-0.4, -0.2) is 20.5 Å². The molecule has 0 radical (unpaired) electrons.